The summed E-state index contributed by atoms with van der Waals surface area (Å²) in [5.74, 6) is -0.938. The molecule has 0 unspecified atom stereocenters. The highest BCUT2D eigenvalue weighted by molar-refractivity contribution is 5.71. The molecule has 0 atom stereocenters. The number of hydrogen-bond acceptors (Lipinski definition) is 3. The first kappa shape index (κ1) is 14.9. The van der Waals surface area contributed by atoms with E-state index in [1.54, 1.807) is 0 Å². The molecule has 0 amide bonds. The van der Waals surface area contributed by atoms with Crippen LogP contribution >= 0.6 is 0 Å². The molecule has 0 bridgehead atoms. The van der Waals surface area contributed by atoms with Gasteiger partial charge >= 0.3 is 11.9 Å². The monoisotopic (exact) mass is 230 g/mol. The Morgan fingerprint density at radius 3 is 2.19 bits per heavy atom. The van der Waals surface area contributed by atoms with Crippen LogP contribution in [-0.2, 0) is 14.3 Å². The summed E-state index contributed by atoms with van der Waals surface area (Å²) >= 11 is 0. The molecule has 94 valence electrons. The molecule has 0 saturated heterocycles. The molecule has 1 N–H and O–H groups in total. The van der Waals surface area contributed by atoms with E-state index < -0.39 is 5.97 Å². The maximum atomic E-state index is 11.1. The van der Waals surface area contributed by atoms with Crippen molar-refractivity contribution in [2.45, 2.75) is 52.4 Å². The van der Waals surface area contributed by atoms with Gasteiger partial charge in [-0.25, -0.2) is 0 Å². The summed E-state index contributed by atoms with van der Waals surface area (Å²) in [5.41, 5.74) is 0. The van der Waals surface area contributed by atoms with Crippen LogP contribution < -0.4 is 0 Å². The zero-order valence-electron chi connectivity index (χ0n) is 10.2. The Hall–Kier alpha value is -1.06. The second-order valence-corrected chi connectivity index (χ2v) is 4.23. The van der Waals surface area contributed by atoms with Crippen molar-refractivity contribution >= 4 is 11.9 Å². The Labute approximate surface area is 97.0 Å². The molecule has 0 aromatic carbocycles. The number of rotatable bonds is 9. The molecule has 0 radical (unpaired) electrons. The van der Waals surface area contributed by atoms with E-state index in [4.69, 9.17) is 9.84 Å². The summed E-state index contributed by atoms with van der Waals surface area (Å²) in [7, 11) is 0. The van der Waals surface area contributed by atoms with Crippen molar-refractivity contribution in [1.29, 1.82) is 0 Å². The van der Waals surface area contributed by atoms with Gasteiger partial charge in [-0.2, -0.15) is 0 Å². The molecular weight excluding hydrogens is 208 g/mol. The van der Waals surface area contributed by atoms with Gasteiger partial charge in [-0.05, 0) is 12.8 Å². The van der Waals surface area contributed by atoms with E-state index in [-0.39, 0.29) is 18.3 Å². The highest BCUT2D eigenvalue weighted by atomic mass is 16.5. The van der Waals surface area contributed by atoms with Gasteiger partial charge in [0.15, 0.2) is 0 Å². The van der Waals surface area contributed by atoms with Crippen LogP contribution in [0.4, 0.5) is 0 Å². The smallest absolute Gasteiger partial charge is 0.308 e. The molecule has 0 heterocycles. The molecule has 0 fully saturated rings. The van der Waals surface area contributed by atoms with E-state index in [9.17, 15) is 9.59 Å². The molecule has 0 aliphatic carbocycles. The van der Waals surface area contributed by atoms with Crippen molar-refractivity contribution < 1.29 is 19.4 Å². The summed E-state index contributed by atoms with van der Waals surface area (Å²) in [6, 6.07) is 0. The van der Waals surface area contributed by atoms with Gasteiger partial charge in [0.05, 0.1) is 12.5 Å². The predicted molar refractivity (Wildman–Crippen MR) is 61.1 cm³/mol. The molecule has 16 heavy (non-hydrogen) atoms. The van der Waals surface area contributed by atoms with E-state index in [1.165, 1.54) is 0 Å². The Balaban J connectivity index is 3.16. The molecule has 0 aliphatic heterocycles. The first-order valence-electron chi connectivity index (χ1n) is 5.92. The summed E-state index contributed by atoms with van der Waals surface area (Å²) in [4.78, 5) is 21.3. The van der Waals surface area contributed by atoms with Gasteiger partial charge in [0.1, 0.15) is 0 Å². The number of carboxylic acid groups (broad SMARTS) is 1. The summed E-state index contributed by atoms with van der Waals surface area (Å²) < 4.78 is 5.02. The molecule has 0 aromatic rings. The topological polar surface area (TPSA) is 63.6 Å². The van der Waals surface area contributed by atoms with Crippen LogP contribution in [0.15, 0.2) is 0 Å². The van der Waals surface area contributed by atoms with Gasteiger partial charge in [-0.15, -0.1) is 0 Å². The molecule has 4 heteroatoms. The van der Waals surface area contributed by atoms with Gasteiger partial charge in [0.25, 0.3) is 0 Å². The van der Waals surface area contributed by atoms with Gasteiger partial charge in [-0.1, -0.05) is 33.1 Å². The fourth-order valence-corrected chi connectivity index (χ4v) is 1.25. The number of esters is 1. The lowest BCUT2D eigenvalue weighted by atomic mass is 10.1. The first-order chi connectivity index (χ1) is 7.54. The number of carboxylic acids is 1. The van der Waals surface area contributed by atoms with Crippen molar-refractivity contribution in [1.82, 2.24) is 0 Å². The molecular formula is C12H22O4. The average molecular weight is 230 g/mol. The highest BCUT2D eigenvalue weighted by Gasteiger charge is 2.06. The number of hydrogen-bond donors (Lipinski definition) is 1. The minimum Gasteiger partial charge on any atom is -0.481 e. The third kappa shape index (κ3) is 9.49. The Kier molecular flexibility index (Phi) is 8.58. The fraction of sp³-hybridized carbons (Fsp3) is 0.833. The predicted octanol–water partition coefficient (Wildman–Crippen LogP) is 2.61. The van der Waals surface area contributed by atoms with Crippen LogP contribution in [0, 0.1) is 5.92 Å². The number of unbranched alkanes of at least 4 members (excludes halogenated alkanes) is 4. The molecule has 0 aliphatic rings. The Bertz CT molecular complexity index is 211. The van der Waals surface area contributed by atoms with Crippen molar-refractivity contribution in [3.8, 4) is 0 Å². The van der Waals surface area contributed by atoms with Crippen LogP contribution in [-0.4, -0.2) is 23.7 Å². The van der Waals surface area contributed by atoms with Gasteiger partial charge in [0, 0.05) is 6.42 Å². The van der Waals surface area contributed by atoms with E-state index in [0.717, 1.165) is 32.1 Å². The number of ether oxygens (including phenoxy) is 1. The fourth-order valence-electron chi connectivity index (χ4n) is 1.25. The van der Waals surface area contributed by atoms with Crippen molar-refractivity contribution in [2.75, 3.05) is 6.61 Å². The number of carbonyl (C=O) groups excluding carboxylic acids is 1. The quantitative estimate of drug-likeness (QED) is 0.488. The van der Waals surface area contributed by atoms with E-state index in [0.29, 0.717) is 6.61 Å². The first-order valence-corrected chi connectivity index (χ1v) is 5.92. The van der Waals surface area contributed by atoms with Crippen LogP contribution in [0.25, 0.3) is 0 Å². The van der Waals surface area contributed by atoms with Gasteiger partial charge in [-0.3, -0.25) is 9.59 Å². The number of carbonyl (C=O) groups is 2. The van der Waals surface area contributed by atoms with Crippen LogP contribution in [0.1, 0.15) is 52.4 Å². The average Bonchev–Trinajstić information content (AvgIpc) is 2.21. The Morgan fingerprint density at radius 2 is 1.62 bits per heavy atom. The lowest BCUT2D eigenvalue weighted by molar-refractivity contribution is -0.147. The lowest BCUT2D eigenvalue weighted by Crippen LogP contribution is -2.12. The molecule has 0 saturated carbocycles. The second-order valence-electron chi connectivity index (χ2n) is 4.23. The van der Waals surface area contributed by atoms with E-state index >= 15 is 0 Å². The third-order valence-electron chi connectivity index (χ3n) is 2.25. The van der Waals surface area contributed by atoms with Gasteiger partial charge < -0.3 is 9.84 Å². The summed E-state index contributed by atoms with van der Waals surface area (Å²) in [6.45, 7) is 4.11. The molecule has 0 aromatic heterocycles. The normalized spacial score (nSPS) is 10.4. The van der Waals surface area contributed by atoms with Crippen LogP contribution in [0.2, 0.25) is 0 Å². The van der Waals surface area contributed by atoms with Crippen LogP contribution in [0.5, 0.6) is 0 Å². The standard InChI is InChI=1S/C12H22O4/c1-10(2)12(15)16-9-7-5-3-4-6-8-11(13)14/h10H,3-9H2,1-2H3,(H,13,14). The minimum absolute atomic E-state index is 0.0597. The van der Waals surface area contributed by atoms with Gasteiger partial charge in [0.2, 0.25) is 0 Å². The largest absolute Gasteiger partial charge is 0.481 e. The lowest BCUT2D eigenvalue weighted by Gasteiger charge is -2.06. The molecule has 0 spiro atoms. The summed E-state index contributed by atoms with van der Waals surface area (Å²) in [5, 5.41) is 8.41. The molecule has 4 nitrogen and oxygen atoms in total. The SMILES string of the molecule is CC(C)C(=O)OCCCCCCCC(=O)O. The zero-order chi connectivity index (χ0) is 12.4. The van der Waals surface area contributed by atoms with Crippen molar-refractivity contribution in [3.05, 3.63) is 0 Å². The van der Waals surface area contributed by atoms with E-state index in [2.05, 4.69) is 0 Å². The summed E-state index contributed by atoms with van der Waals surface area (Å²) in [6.07, 6.45) is 4.79. The number of aliphatic carboxylic acids is 1. The van der Waals surface area contributed by atoms with Crippen molar-refractivity contribution in [2.24, 2.45) is 5.92 Å². The maximum Gasteiger partial charge on any atom is 0.308 e. The minimum atomic E-state index is -0.731. The second kappa shape index (κ2) is 9.19. The maximum absolute atomic E-state index is 11.1. The van der Waals surface area contributed by atoms with E-state index in [1.807, 2.05) is 13.8 Å². The third-order valence-corrected chi connectivity index (χ3v) is 2.25. The molecule has 0 rings (SSSR count). The highest BCUT2D eigenvalue weighted by Crippen LogP contribution is 2.06. The van der Waals surface area contributed by atoms with Crippen LogP contribution in [0.3, 0.4) is 0 Å². The Morgan fingerprint density at radius 1 is 1.06 bits per heavy atom. The zero-order valence-corrected chi connectivity index (χ0v) is 10.2. The van der Waals surface area contributed by atoms with Crippen molar-refractivity contribution in [3.63, 3.8) is 0 Å².